The van der Waals surface area contributed by atoms with Gasteiger partial charge in [0.1, 0.15) is 6.04 Å². The molecule has 0 heterocycles. The molecule has 1 aromatic rings. The average molecular weight is 250 g/mol. The first-order valence-corrected chi connectivity index (χ1v) is 5.90. The van der Waals surface area contributed by atoms with Gasteiger partial charge in [-0.05, 0) is 30.5 Å². The standard InChI is InChI=1S/C13H18N2O3/c1-2-9-3-5-10(6-4-9)15-12(16)8-7-11(14)13(17)18/h3-6,11H,2,7-8,14H2,1H3,(H,15,16)(H,17,18)/t11-/m0/s1. The van der Waals surface area contributed by atoms with E-state index in [9.17, 15) is 9.59 Å². The topological polar surface area (TPSA) is 92.4 Å². The maximum Gasteiger partial charge on any atom is 0.320 e. The van der Waals surface area contributed by atoms with E-state index in [1.807, 2.05) is 24.3 Å². The lowest BCUT2D eigenvalue weighted by molar-refractivity contribution is -0.138. The predicted octanol–water partition coefficient (Wildman–Crippen LogP) is 1.38. The molecule has 0 spiro atoms. The number of benzene rings is 1. The van der Waals surface area contributed by atoms with Crippen LogP contribution in [0.1, 0.15) is 25.3 Å². The lowest BCUT2D eigenvalue weighted by atomic mass is 10.1. The Hall–Kier alpha value is -1.88. The summed E-state index contributed by atoms with van der Waals surface area (Å²) in [5.74, 6) is -1.31. The minimum absolute atomic E-state index is 0.100. The Labute approximate surface area is 106 Å². The summed E-state index contributed by atoms with van der Waals surface area (Å²) < 4.78 is 0. The van der Waals surface area contributed by atoms with Gasteiger partial charge in [0, 0.05) is 12.1 Å². The lowest BCUT2D eigenvalue weighted by Crippen LogP contribution is -2.31. The molecule has 0 aliphatic rings. The van der Waals surface area contributed by atoms with Gasteiger partial charge in [-0.25, -0.2) is 0 Å². The van der Waals surface area contributed by atoms with Crippen LogP contribution in [-0.4, -0.2) is 23.0 Å². The normalized spacial score (nSPS) is 11.9. The molecule has 0 saturated heterocycles. The van der Waals surface area contributed by atoms with Gasteiger partial charge >= 0.3 is 5.97 Å². The van der Waals surface area contributed by atoms with Crippen LogP contribution in [0.25, 0.3) is 0 Å². The summed E-state index contributed by atoms with van der Waals surface area (Å²) in [6.07, 6.45) is 1.18. The molecular weight excluding hydrogens is 232 g/mol. The number of hydrogen-bond donors (Lipinski definition) is 3. The fourth-order valence-electron chi connectivity index (χ4n) is 1.46. The van der Waals surface area contributed by atoms with Crippen LogP contribution in [0.15, 0.2) is 24.3 Å². The third-order valence-corrected chi connectivity index (χ3v) is 2.65. The van der Waals surface area contributed by atoms with Crippen molar-refractivity contribution in [3.05, 3.63) is 29.8 Å². The van der Waals surface area contributed by atoms with Gasteiger partial charge in [0.2, 0.25) is 5.91 Å². The van der Waals surface area contributed by atoms with Crippen LogP contribution in [0.3, 0.4) is 0 Å². The SMILES string of the molecule is CCc1ccc(NC(=O)CC[C@H](N)C(=O)O)cc1. The molecule has 1 rings (SSSR count). The van der Waals surface area contributed by atoms with Gasteiger partial charge in [0.05, 0.1) is 0 Å². The summed E-state index contributed by atoms with van der Waals surface area (Å²) in [5, 5.41) is 11.3. The van der Waals surface area contributed by atoms with Crippen molar-refractivity contribution in [2.45, 2.75) is 32.2 Å². The molecule has 0 aliphatic heterocycles. The van der Waals surface area contributed by atoms with Crippen molar-refractivity contribution >= 4 is 17.6 Å². The number of rotatable bonds is 6. The molecule has 0 bridgehead atoms. The van der Waals surface area contributed by atoms with Crippen LogP contribution in [0.2, 0.25) is 0 Å². The van der Waals surface area contributed by atoms with Crippen molar-refractivity contribution in [1.82, 2.24) is 0 Å². The summed E-state index contributed by atoms with van der Waals surface area (Å²) in [6, 6.07) is 6.55. The maximum absolute atomic E-state index is 11.5. The van der Waals surface area contributed by atoms with E-state index in [1.165, 1.54) is 5.56 Å². The summed E-state index contributed by atoms with van der Waals surface area (Å²) in [4.78, 5) is 22.0. The minimum atomic E-state index is -1.09. The van der Waals surface area contributed by atoms with Crippen LogP contribution in [0.4, 0.5) is 5.69 Å². The monoisotopic (exact) mass is 250 g/mol. The largest absolute Gasteiger partial charge is 0.480 e. The van der Waals surface area contributed by atoms with Crippen molar-refractivity contribution in [2.24, 2.45) is 5.73 Å². The molecule has 1 aromatic carbocycles. The molecule has 0 saturated carbocycles. The zero-order valence-corrected chi connectivity index (χ0v) is 10.3. The molecule has 98 valence electrons. The van der Waals surface area contributed by atoms with Crippen molar-refractivity contribution in [2.75, 3.05) is 5.32 Å². The van der Waals surface area contributed by atoms with Crippen molar-refractivity contribution in [3.8, 4) is 0 Å². The van der Waals surface area contributed by atoms with Gasteiger partial charge in [-0.2, -0.15) is 0 Å². The molecular formula is C13H18N2O3. The lowest BCUT2D eigenvalue weighted by Gasteiger charge is -2.08. The highest BCUT2D eigenvalue weighted by atomic mass is 16.4. The number of hydrogen-bond acceptors (Lipinski definition) is 3. The smallest absolute Gasteiger partial charge is 0.320 e. The van der Waals surface area contributed by atoms with Gasteiger partial charge < -0.3 is 16.2 Å². The quantitative estimate of drug-likeness (QED) is 0.711. The third kappa shape index (κ3) is 4.55. The summed E-state index contributed by atoms with van der Waals surface area (Å²) in [5.41, 5.74) is 7.22. The molecule has 4 N–H and O–H groups in total. The number of aryl methyl sites for hydroxylation is 1. The third-order valence-electron chi connectivity index (χ3n) is 2.65. The number of carbonyl (C=O) groups excluding carboxylic acids is 1. The summed E-state index contributed by atoms with van der Waals surface area (Å²) in [6.45, 7) is 2.06. The van der Waals surface area contributed by atoms with Gasteiger partial charge in [-0.3, -0.25) is 9.59 Å². The number of carboxylic acids is 1. The predicted molar refractivity (Wildman–Crippen MR) is 69.3 cm³/mol. The molecule has 0 radical (unpaired) electrons. The van der Waals surface area contributed by atoms with Gasteiger partial charge in [0.25, 0.3) is 0 Å². The molecule has 1 amide bonds. The first-order valence-electron chi connectivity index (χ1n) is 5.90. The van der Waals surface area contributed by atoms with E-state index >= 15 is 0 Å². The number of aliphatic carboxylic acids is 1. The second-order valence-electron chi connectivity index (χ2n) is 4.08. The molecule has 0 aliphatic carbocycles. The van der Waals surface area contributed by atoms with Crippen LogP contribution in [-0.2, 0) is 16.0 Å². The second kappa shape index (κ2) is 6.76. The minimum Gasteiger partial charge on any atom is -0.480 e. The van der Waals surface area contributed by atoms with E-state index in [-0.39, 0.29) is 18.7 Å². The highest BCUT2D eigenvalue weighted by molar-refractivity contribution is 5.91. The first-order chi connectivity index (χ1) is 8.52. The fourth-order valence-corrected chi connectivity index (χ4v) is 1.46. The van der Waals surface area contributed by atoms with Gasteiger partial charge in [-0.15, -0.1) is 0 Å². The number of carboxylic acid groups (broad SMARTS) is 1. The molecule has 0 aromatic heterocycles. The molecule has 5 heteroatoms. The number of nitrogens with two attached hydrogens (primary N) is 1. The van der Waals surface area contributed by atoms with E-state index in [0.29, 0.717) is 5.69 Å². The zero-order valence-electron chi connectivity index (χ0n) is 10.3. The Morgan fingerprint density at radius 3 is 2.44 bits per heavy atom. The van der Waals surface area contributed by atoms with Crippen LogP contribution < -0.4 is 11.1 Å². The average Bonchev–Trinajstić information content (AvgIpc) is 2.36. The highest BCUT2D eigenvalue weighted by Crippen LogP contribution is 2.10. The Morgan fingerprint density at radius 2 is 1.94 bits per heavy atom. The van der Waals surface area contributed by atoms with Crippen molar-refractivity contribution in [3.63, 3.8) is 0 Å². The molecule has 5 nitrogen and oxygen atoms in total. The van der Waals surface area contributed by atoms with Gasteiger partial charge in [-0.1, -0.05) is 19.1 Å². The van der Waals surface area contributed by atoms with E-state index in [1.54, 1.807) is 0 Å². The Balaban J connectivity index is 2.42. The molecule has 0 unspecified atom stereocenters. The molecule has 18 heavy (non-hydrogen) atoms. The van der Waals surface area contributed by atoms with Crippen LogP contribution >= 0.6 is 0 Å². The van der Waals surface area contributed by atoms with E-state index < -0.39 is 12.0 Å². The summed E-state index contributed by atoms with van der Waals surface area (Å²) in [7, 11) is 0. The second-order valence-corrected chi connectivity index (χ2v) is 4.08. The van der Waals surface area contributed by atoms with Crippen molar-refractivity contribution in [1.29, 1.82) is 0 Å². The van der Waals surface area contributed by atoms with E-state index in [4.69, 9.17) is 10.8 Å². The number of carbonyl (C=O) groups is 2. The maximum atomic E-state index is 11.5. The highest BCUT2D eigenvalue weighted by Gasteiger charge is 2.13. The Morgan fingerprint density at radius 1 is 1.33 bits per heavy atom. The van der Waals surface area contributed by atoms with Gasteiger partial charge in [0.15, 0.2) is 0 Å². The molecule has 1 atom stereocenters. The number of anilines is 1. The fraction of sp³-hybridized carbons (Fsp3) is 0.385. The zero-order chi connectivity index (χ0) is 13.5. The van der Waals surface area contributed by atoms with E-state index in [2.05, 4.69) is 12.2 Å². The number of amides is 1. The van der Waals surface area contributed by atoms with Crippen LogP contribution in [0, 0.1) is 0 Å². The Kier molecular flexibility index (Phi) is 5.32. The van der Waals surface area contributed by atoms with Crippen LogP contribution in [0.5, 0.6) is 0 Å². The first kappa shape index (κ1) is 14.2. The van der Waals surface area contributed by atoms with Crippen molar-refractivity contribution < 1.29 is 14.7 Å². The molecule has 0 fully saturated rings. The number of nitrogens with one attached hydrogen (secondary N) is 1. The Bertz CT molecular complexity index is 415. The summed E-state index contributed by atoms with van der Waals surface area (Å²) >= 11 is 0. The van der Waals surface area contributed by atoms with E-state index in [0.717, 1.165) is 6.42 Å².